The van der Waals surface area contributed by atoms with Crippen molar-refractivity contribution in [2.45, 2.75) is 0 Å². The Morgan fingerprint density at radius 2 is 0.350 bits per heavy atom. The first-order chi connectivity index (χ1) is 51.1. The van der Waals surface area contributed by atoms with Gasteiger partial charge in [0, 0.05) is 82.3 Å². The lowest BCUT2D eigenvalue weighted by Gasteiger charge is -2.11. The minimum atomic E-state index is 1.16. The predicted molar refractivity (Wildman–Crippen MR) is 436 cm³/mol. The Kier molecular flexibility index (Phi) is 13.3. The van der Waals surface area contributed by atoms with E-state index < -0.39 is 0 Å². The third-order valence-corrected chi connectivity index (χ3v) is 21.5. The summed E-state index contributed by atoms with van der Waals surface area (Å²) in [5.41, 5.74) is 25.3. The van der Waals surface area contributed by atoms with Gasteiger partial charge in [-0.1, -0.05) is 237 Å². The van der Waals surface area contributed by atoms with Crippen LogP contribution in [0.15, 0.2) is 382 Å². The van der Waals surface area contributed by atoms with Crippen molar-refractivity contribution < 1.29 is 0 Å². The molecule has 22 aromatic rings. The second-order valence-corrected chi connectivity index (χ2v) is 27.2. The van der Waals surface area contributed by atoms with Crippen LogP contribution in [0.4, 0.5) is 0 Å². The number of fused-ring (bicyclic) bond motifs is 17. The molecule has 5 heteroatoms. The third kappa shape index (κ3) is 9.40. The summed E-state index contributed by atoms with van der Waals surface area (Å²) in [7, 11) is 0. The van der Waals surface area contributed by atoms with Crippen LogP contribution in [-0.2, 0) is 0 Å². The highest BCUT2D eigenvalue weighted by Crippen LogP contribution is 2.43. The van der Waals surface area contributed by atoms with E-state index in [1.165, 1.54) is 181 Å². The maximum atomic E-state index is 2.44. The standard InChI is InChI=1S/C52H33N3.C46H30N2/c1-2-14-38(15-3-1)53-47-19-9-6-16-41(47)44-31-36(23-27-50(44)53)37-24-28-51-45(32-37)42-17-7-10-20-48(42)55(51)40-26-29-52-46(33-40)43-18-8-11-21-49(43)54(52)39-25-22-34-12-4-5-13-35(34)30-39;1-2-10-31(11-3-1)33-18-23-37(24-19-33)47-43-16-8-6-14-39(43)41-29-35(21-26-45(41)47)36-22-27-46-42(30-36)40-15-7-9-17-44(40)48(46)38-25-20-32-12-4-5-13-34(32)28-38/h1-33H;1-30H. The molecule has 480 valence electrons. The molecular weight excluding hydrogens is 1250 g/mol. The molecular formula is C98H63N5. The van der Waals surface area contributed by atoms with Gasteiger partial charge in [0.05, 0.1) is 55.2 Å². The molecule has 0 saturated heterocycles. The molecule has 0 bridgehead atoms. The molecule has 0 amide bonds. The average Bonchev–Trinajstić information content (AvgIpc) is 1.59. The number of rotatable bonds is 8. The number of hydrogen-bond acceptors (Lipinski definition) is 0. The Morgan fingerprint density at radius 3 is 0.728 bits per heavy atom. The number of benzene rings is 17. The van der Waals surface area contributed by atoms with Crippen LogP contribution in [0.1, 0.15) is 0 Å². The normalized spacial score (nSPS) is 11.9. The average molecular weight is 1310 g/mol. The lowest BCUT2D eigenvalue weighted by atomic mass is 10.0. The quantitative estimate of drug-likeness (QED) is 0.145. The van der Waals surface area contributed by atoms with E-state index in [1.54, 1.807) is 0 Å². The SMILES string of the molecule is c1ccc(-c2ccc(-n3c4ccccc4c4cc(-c5ccc6c(c5)c5ccccc5n6-c5ccc6ccccc6c5)ccc43)cc2)cc1.c1ccc(-n2c3ccccc3c3cc(-c4ccc5c(c4)c4ccccc4n5-c4ccc5c(c4)c4ccccc4n5-c4ccc5ccccc5c4)ccc32)cc1. The fraction of sp³-hybridized carbons (Fsp3) is 0. The largest absolute Gasteiger partial charge is 0.309 e. The second kappa shape index (κ2) is 23.5. The van der Waals surface area contributed by atoms with Crippen LogP contribution in [-0.4, -0.2) is 22.8 Å². The van der Waals surface area contributed by atoms with E-state index in [-0.39, 0.29) is 0 Å². The molecule has 0 aliphatic rings. The number of hydrogen-bond donors (Lipinski definition) is 0. The minimum absolute atomic E-state index is 1.16. The fourth-order valence-electron chi connectivity index (χ4n) is 16.7. The van der Waals surface area contributed by atoms with Gasteiger partial charge in [0.15, 0.2) is 0 Å². The molecule has 0 unspecified atom stereocenters. The molecule has 0 spiro atoms. The Balaban J connectivity index is 0.000000135. The van der Waals surface area contributed by atoms with Gasteiger partial charge in [0.25, 0.3) is 0 Å². The zero-order valence-electron chi connectivity index (χ0n) is 56.1. The number of para-hydroxylation sites is 6. The molecule has 0 atom stereocenters. The number of nitrogens with zero attached hydrogens (tertiary/aromatic N) is 5. The highest BCUT2D eigenvalue weighted by atomic mass is 15.0. The molecule has 22 rings (SSSR count). The van der Waals surface area contributed by atoms with Gasteiger partial charge in [0.1, 0.15) is 0 Å². The van der Waals surface area contributed by atoms with Gasteiger partial charge < -0.3 is 22.8 Å². The molecule has 0 N–H and O–H groups in total. The van der Waals surface area contributed by atoms with Crippen LogP contribution in [0.2, 0.25) is 0 Å². The van der Waals surface area contributed by atoms with Gasteiger partial charge in [-0.3, -0.25) is 0 Å². The Hall–Kier alpha value is -13.7. The van der Waals surface area contributed by atoms with E-state index in [2.05, 4.69) is 405 Å². The van der Waals surface area contributed by atoms with Crippen LogP contribution in [0.3, 0.4) is 0 Å². The lowest BCUT2D eigenvalue weighted by molar-refractivity contribution is 1.17. The van der Waals surface area contributed by atoms with Gasteiger partial charge >= 0.3 is 0 Å². The zero-order valence-corrected chi connectivity index (χ0v) is 56.1. The second-order valence-electron chi connectivity index (χ2n) is 27.2. The third-order valence-electron chi connectivity index (χ3n) is 21.5. The van der Waals surface area contributed by atoms with Crippen molar-refractivity contribution in [3.8, 4) is 61.8 Å². The summed E-state index contributed by atoms with van der Waals surface area (Å²) in [4.78, 5) is 0. The highest BCUT2D eigenvalue weighted by Gasteiger charge is 2.21. The fourth-order valence-corrected chi connectivity index (χ4v) is 16.7. The van der Waals surface area contributed by atoms with Gasteiger partial charge in [-0.25, -0.2) is 0 Å². The van der Waals surface area contributed by atoms with Crippen molar-refractivity contribution in [1.82, 2.24) is 22.8 Å². The van der Waals surface area contributed by atoms with Gasteiger partial charge in [0.2, 0.25) is 0 Å². The molecule has 17 aromatic carbocycles. The van der Waals surface area contributed by atoms with Crippen LogP contribution in [0.5, 0.6) is 0 Å². The van der Waals surface area contributed by atoms with Crippen molar-refractivity contribution >= 4 is 131 Å². The topological polar surface area (TPSA) is 24.6 Å². The summed E-state index contributed by atoms with van der Waals surface area (Å²) >= 11 is 0. The monoisotopic (exact) mass is 1310 g/mol. The molecule has 0 saturated carbocycles. The molecule has 0 aliphatic heterocycles. The lowest BCUT2D eigenvalue weighted by Crippen LogP contribution is -1.96. The Bertz CT molecular complexity index is 7160. The van der Waals surface area contributed by atoms with E-state index in [4.69, 9.17) is 0 Å². The first-order valence-corrected chi connectivity index (χ1v) is 35.5. The molecule has 5 heterocycles. The first kappa shape index (κ1) is 58.2. The van der Waals surface area contributed by atoms with Gasteiger partial charge in [-0.2, -0.15) is 0 Å². The van der Waals surface area contributed by atoms with Crippen molar-refractivity contribution in [1.29, 1.82) is 0 Å². The van der Waals surface area contributed by atoms with Crippen molar-refractivity contribution in [2.75, 3.05) is 0 Å². The molecule has 5 aromatic heterocycles. The van der Waals surface area contributed by atoms with E-state index >= 15 is 0 Å². The predicted octanol–water partition coefficient (Wildman–Crippen LogP) is 26.2. The van der Waals surface area contributed by atoms with Crippen LogP contribution in [0, 0.1) is 0 Å². The van der Waals surface area contributed by atoms with Crippen molar-refractivity contribution in [2.24, 2.45) is 0 Å². The van der Waals surface area contributed by atoms with E-state index in [1.807, 2.05) is 0 Å². The van der Waals surface area contributed by atoms with Gasteiger partial charge in [-0.05, 0) is 201 Å². The van der Waals surface area contributed by atoms with E-state index in [9.17, 15) is 0 Å². The zero-order chi connectivity index (χ0) is 67.6. The molecule has 103 heavy (non-hydrogen) atoms. The molecule has 5 nitrogen and oxygen atoms in total. The summed E-state index contributed by atoms with van der Waals surface area (Å²) < 4.78 is 12.0. The minimum Gasteiger partial charge on any atom is -0.309 e. The summed E-state index contributed by atoms with van der Waals surface area (Å²) in [6.07, 6.45) is 0. The Morgan fingerprint density at radius 1 is 0.117 bits per heavy atom. The number of aromatic nitrogens is 5. The maximum Gasteiger partial charge on any atom is 0.0542 e. The summed E-state index contributed by atoms with van der Waals surface area (Å²) in [6.45, 7) is 0. The van der Waals surface area contributed by atoms with Crippen LogP contribution >= 0.6 is 0 Å². The summed E-state index contributed by atoms with van der Waals surface area (Å²) in [5.74, 6) is 0. The van der Waals surface area contributed by atoms with E-state index in [0.717, 1.165) is 11.4 Å². The van der Waals surface area contributed by atoms with Crippen LogP contribution in [0.25, 0.3) is 192 Å². The molecule has 0 aliphatic carbocycles. The molecule has 0 fully saturated rings. The van der Waals surface area contributed by atoms with Crippen LogP contribution < -0.4 is 0 Å². The van der Waals surface area contributed by atoms with E-state index in [0.29, 0.717) is 0 Å². The summed E-state index contributed by atoms with van der Waals surface area (Å²) in [5, 5.41) is 17.5. The highest BCUT2D eigenvalue weighted by molar-refractivity contribution is 6.16. The smallest absolute Gasteiger partial charge is 0.0542 e. The summed E-state index contributed by atoms with van der Waals surface area (Å²) in [6, 6.07) is 140. The van der Waals surface area contributed by atoms with Gasteiger partial charge in [-0.15, -0.1) is 0 Å². The molecule has 0 radical (unpaired) electrons. The van der Waals surface area contributed by atoms with Crippen molar-refractivity contribution in [3.63, 3.8) is 0 Å². The van der Waals surface area contributed by atoms with Crippen molar-refractivity contribution in [3.05, 3.63) is 382 Å². The Labute approximate surface area is 593 Å². The maximum absolute atomic E-state index is 2.44. The first-order valence-electron chi connectivity index (χ1n) is 35.5.